The Morgan fingerprint density at radius 1 is 0.963 bits per heavy atom. The first-order valence-electron chi connectivity index (χ1n) is 9.28. The topological polar surface area (TPSA) is 40.6 Å². The third-order valence-corrected chi connectivity index (χ3v) is 7.20. The molecular weight excluding hydrogens is 377 g/mol. The van der Waals surface area contributed by atoms with Crippen LogP contribution < -0.4 is 0 Å². The maximum atomic E-state index is 12.6. The van der Waals surface area contributed by atoms with Gasteiger partial charge in [-0.05, 0) is 69.5 Å². The molecule has 0 radical (unpaired) electrons. The molecule has 0 unspecified atom stereocenters. The second-order valence-electron chi connectivity index (χ2n) is 7.79. The van der Waals surface area contributed by atoms with Gasteiger partial charge >= 0.3 is 6.18 Å². The lowest BCUT2D eigenvalue weighted by Gasteiger charge is -2.31. The Bertz CT molecular complexity index is 695. The number of benzene rings is 1. The smallest absolute Gasteiger partial charge is 0.309 e. The number of hydrogen-bond donors (Lipinski definition) is 0. The van der Waals surface area contributed by atoms with Crippen LogP contribution >= 0.6 is 0 Å². The fraction of sp³-hybridized carbons (Fsp3) is 0.684. The fourth-order valence-electron chi connectivity index (χ4n) is 3.70. The quantitative estimate of drug-likeness (QED) is 0.685. The predicted molar refractivity (Wildman–Crippen MR) is 99.9 cm³/mol. The summed E-state index contributed by atoms with van der Waals surface area (Å²) in [5.41, 5.74) is -0.849. The second kappa shape index (κ2) is 8.92. The highest BCUT2D eigenvalue weighted by Crippen LogP contribution is 2.32. The van der Waals surface area contributed by atoms with Gasteiger partial charge in [-0.3, -0.25) is 0 Å². The van der Waals surface area contributed by atoms with E-state index < -0.39 is 21.8 Å². The van der Waals surface area contributed by atoms with E-state index >= 15 is 0 Å². The van der Waals surface area contributed by atoms with Crippen molar-refractivity contribution in [2.24, 2.45) is 11.8 Å². The van der Waals surface area contributed by atoms with Gasteiger partial charge in [0, 0.05) is 20.1 Å². The van der Waals surface area contributed by atoms with Crippen LogP contribution in [0.15, 0.2) is 29.2 Å². The van der Waals surface area contributed by atoms with Gasteiger partial charge < -0.3 is 4.90 Å². The van der Waals surface area contributed by atoms with Crippen molar-refractivity contribution in [1.29, 1.82) is 0 Å². The number of sulfonamides is 1. The summed E-state index contributed by atoms with van der Waals surface area (Å²) in [5, 5.41) is 0. The van der Waals surface area contributed by atoms with Gasteiger partial charge in [0.1, 0.15) is 0 Å². The second-order valence-corrected chi connectivity index (χ2v) is 9.83. The Morgan fingerprint density at radius 3 is 1.96 bits per heavy atom. The first-order chi connectivity index (χ1) is 12.5. The molecule has 27 heavy (non-hydrogen) atoms. The molecule has 1 aliphatic rings. The summed E-state index contributed by atoms with van der Waals surface area (Å²) in [6.07, 6.45) is 0.848. The van der Waals surface area contributed by atoms with Crippen LogP contribution in [0.2, 0.25) is 0 Å². The summed E-state index contributed by atoms with van der Waals surface area (Å²) in [6, 6.07) is 3.68. The van der Waals surface area contributed by atoms with E-state index in [1.165, 1.54) is 11.4 Å². The lowest BCUT2D eigenvalue weighted by molar-refractivity contribution is -0.137. The van der Waals surface area contributed by atoms with Crippen LogP contribution in [0.1, 0.15) is 37.7 Å². The summed E-state index contributed by atoms with van der Waals surface area (Å²) in [7, 11) is 1.87. The molecule has 0 amide bonds. The van der Waals surface area contributed by atoms with Crippen LogP contribution in [0, 0.1) is 11.8 Å². The minimum atomic E-state index is -4.47. The van der Waals surface area contributed by atoms with Crippen LogP contribution in [0.4, 0.5) is 13.2 Å². The SMILES string of the molecule is CN(C)CC1CCC(CCN(C)S(=O)(=O)c2ccc(C(F)(F)F)cc2)CC1. The van der Waals surface area contributed by atoms with E-state index in [1.807, 2.05) is 0 Å². The van der Waals surface area contributed by atoms with Crippen LogP contribution in [-0.4, -0.2) is 51.9 Å². The monoisotopic (exact) mass is 406 g/mol. The molecule has 1 fully saturated rings. The summed E-state index contributed by atoms with van der Waals surface area (Å²) >= 11 is 0. The largest absolute Gasteiger partial charge is 0.416 e. The van der Waals surface area contributed by atoms with Crippen molar-refractivity contribution in [2.45, 2.75) is 43.2 Å². The summed E-state index contributed by atoms with van der Waals surface area (Å²) < 4.78 is 64.3. The van der Waals surface area contributed by atoms with Gasteiger partial charge in [0.25, 0.3) is 0 Å². The Balaban J connectivity index is 1.89. The molecule has 1 aliphatic carbocycles. The van der Waals surface area contributed by atoms with Crippen molar-refractivity contribution in [3.8, 4) is 0 Å². The third-order valence-electron chi connectivity index (χ3n) is 5.33. The molecule has 1 aromatic rings. The van der Waals surface area contributed by atoms with E-state index in [2.05, 4.69) is 19.0 Å². The van der Waals surface area contributed by atoms with Gasteiger partial charge in [-0.15, -0.1) is 0 Å². The minimum absolute atomic E-state index is 0.104. The molecule has 0 N–H and O–H groups in total. The number of alkyl halides is 3. The molecule has 0 aromatic heterocycles. The maximum Gasteiger partial charge on any atom is 0.416 e. The molecule has 8 heteroatoms. The van der Waals surface area contributed by atoms with Crippen LogP contribution in [0.5, 0.6) is 0 Å². The van der Waals surface area contributed by atoms with E-state index in [0.717, 1.165) is 62.9 Å². The molecule has 0 spiro atoms. The summed E-state index contributed by atoms with van der Waals surface area (Å²) in [5.74, 6) is 1.22. The van der Waals surface area contributed by atoms with Gasteiger partial charge in [0.15, 0.2) is 0 Å². The average Bonchev–Trinajstić information content (AvgIpc) is 2.59. The van der Waals surface area contributed by atoms with Crippen molar-refractivity contribution < 1.29 is 21.6 Å². The van der Waals surface area contributed by atoms with E-state index in [4.69, 9.17) is 0 Å². The standard InChI is InChI=1S/C19H29F3N2O2S/c1-23(2)14-16-6-4-15(5-7-16)12-13-24(3)27(25,26)18-10-8-17(9-11-18)19(20,21)22/h8-11,15-16H,4-7,12-14H2,1-3H3. The molecule has 4 nitrogen and oxygen atoms in total. The average molecular weight is 407 g/mol. The normalized spacial score (nSPS) is 21.8. The Morgan fingerprint density at radius 2 is 1.48 bits per heavy atom. The molecule has 154 valence electrons. The molecule has 0 saturated heterocycles. The van der Waals surface area contributed by atoms with Crippen LogP contribution in [0.25, 0.3) is 0 Å². The third kappa shape index (κ3) is 6.19. The first kappa shape index (κ1) is 22.2. The van der Waals surface area contributed by atoms with Gasteiger partial charge in [-0.1, -0.05) is 12.8 Å². The Kier molecular flexibility index (Phi) is 7.33. The fourth-order valence-corrected chi connectivity index (χ4v) is 4.89. The van der Waals surface area contributed by atoms with Crippen molar-refractivity contribution in [3.05, 3.63) is 29.8 Å². The lowest BCUT2D eigenvalue weighted by atomic mass is 9.80. The highest BCUT2D eigenvalue weighted by Gasteiger charge is 2.31. The molecule has 0 bridgehead atoms. The van der Waals surface area contributed by atoms with Gasteiger partial charge in [0.05, 0.1) is 10.5 Å². The van der Waals surface area contributed by atoms with Crippen LogP contribution in [-0.2, 0) is 16.2 Å². The predicted octanol–water partition coefficient (Wildman–Crippen LogP) is 4.08. The zero-order valence-electron chi connectivity index (χ0n) is 16.2. The van der Waals surface area contributed by atoms with Crippen molar-refractivity contribution in [2.75, 3.05) is 34.2 Å². The number of hydrogen-bond acceptors (Lipinski definition) is 3. The van der Waals surface area contributed by atoms with Gasteiger partial charge in [-0.2, -0.15) is 13.2 Å². The molecule has 2 rings (SSSR count). The highest BCUT2D eigenvalue weighted by molar-refractivity contribution is 7.89. The lowest BCUT2D eigenvalue weighted by Crippen LogP contribution is -2.30. The maximum absolute atomic E-state index is 12.6. The van der Waals surface area contributed by atoms with E-state index in [0.29, 0.717) is 18.4 Å². The van der Waals surface area contributed by atoms with E-state index in [9.17, 15) is 21.6 Å². The van der Waals surface area contributed by atoms with Crippen molar-refractivity contribution >= 4 is 10.0 Å². The Labute approximate surface area is 160 Å². The van der Waals surface area contributed by atoms with E-state index in [1.54, 1.807) is 0 Å². The molecule has 0 aliphatic heterocycles. The minimum Gasteiger partial charge on any atom is -0.309 e. The zero-order valence-corrected chi connectivity index (χ0v) is 17.0. The number of rotatable bonds is 7. The summed E-state index contributed by atoms with van der Waals surface area (Å²) in [6.45, 7) is 1.47. The van der Waals surface area contributed by atoms with Gasteiger partial charge in [0.2, 0.25) is 10.0 Å². The molecular formula is C19H29F3N2O2S. The molecule has 1 saturated carbocycles. The number of halogens is 3. The van der Waals surface area contributed by atoms with Crippen LogP contribution in [0.3, 0.4) is 0 Å². The molecule has 0 heterocycles. The Hall–Kier alpha value is -1.12. The van der Waals surface area contributed by atoms with E-state index in [-0.39, 0.29) is 4.90 Å². The zero-order chi connectivity index (χ0) is 20.2. The summed E-state index contributed by atoms with van der Waals surface area (Å²) in [4.78, 5) is 2.10. The van der Waals surface area contributed by atoms with Crippen molar-refractivity contribution in [1.82, 2.24) is 9.21 Å². The molecule has 0 atom stereocenters. The molecule has 1 aromatic carbocycles. The number of nitrogens with zero attached hydrogens (tertiary/aromatic N) is 2. The highest BCUT2D eigenvalue weighted by atomic mass is 32.2. The van der Waals surface area contributed by atoms with Crippen molar-refractivity contribution in [3.63, 3.8) is 0 Å². The van der Waals surface area contributed by atoms with Gasteiger partial charge in [-0.25, -0.2) is 12.7 Å². The first-order valence-corrected chi connectivity index (χ1v) is 10.7.